The fourth-order valence-electron chi connectivity index (χ4n) is 1.72. The van der Waals surface area contributed by atoms with Crippen LogP contribution in [0.15, 0.2) is 6.20 Å². The Morgan fingerprint density at radius 1 is 1.67 bits per heavy atom. The van der Waals surface area contributed by atoms with Crippen molar-refractivity contribution in [3.8, 4) is 0 Å². The highest BCUT2D eigenvalue weighted by Crippen LogP contribution is 2.30. The maximum absolute atomic E-state index is 11.9. The number of aromatic nitrogens is 2. The third-order valence-corrected chi connectivity index (χ3v) is 4.30. The summed E-state index contributed by atoms with van der Waals surface area (Å²) in [6.45, 7) is 1.98. The van der Waals surface area contributed by atoms with Gasteiger partial charge >= 0.3 is 0 Å². The van der Waals surface area contributed by atoms with Crippen LogP contribution in [0, 0.1) is 3.57 Å². The number of hydrogen-bond acceptors (Lipinski definition) is 5. The summed E-state index contributed by atoms with van der Waals surface area (Å²) in [7, 11) is 0. The zero-order valence-electron chi connectivity index (χ0n) is 9.39. The Hall–Kier alpha value is -0.410. The summed E-state index contributed by atoms with van der Waals surface area (Å²) >= 11 is 8.99. The van der Waals surface area contributed by atoms with Crippen LogP contribution in [-0.4, -0.2) is 32.8 Å². The molecule has 0 spiro atoms. The second-order valence-electron chi connectivity index (χ2n) is 3.75. The first kappa shape index (κ1) is 14.0. The average Bonchev–Trinajstić information content (AvgIpc) is 2.62. The van der Waals surface area contributed by atoms with Crippen LogP contribution in [0.1, 0.15) is 13.3 Å². The number of rotatable bonds is 2. The van der Waals surface area contributed by atoms with Gasteiger partial charge in [-0.1, -0.05) is 11.8 Å². The lowest BCUT2D eigenvalue weighted by atomic mass is 10.4. The Bertz CT molecular complexity index is 514. The molecule has 1 unspecified atom stereocenters. The normalized spacial score (nSPS) is 19.4. The van der Waals surface area contributed by atoms with Crippen LogP contribution in [0.4, 0.5) is 5.82 Å². The minimum absolute atomic E-state index is 0.0143. The van der Waals surface area contributed by atoms with Crippen molar-refractivity contribution in [2.45, 2.75) is 18.6 Å². The summed E-state index contributed by atoms with van der Waals surface area (Å²) in [4.78, 5) is 32.5. The fourth-order valence-corrected chi connectivity index (χ4v) is 3.32. The van der Waals surface area contributed by atoms with Crippen molar-refractivity contribution in [3.63, 3.8) is 0 Å². The third-order valence-electron chi connectivity index (χ3n) is 2.37. The number of halogens is 2. The van der Waals surface area contributed by atoms with Crippen LogP contribution in [0.5, 0.6) is 0 Å². The van der Waals surface area contributed by atoms with Crippen molar-refractivity contribution in [1.29, 1.82) is 0 Å². The van der Waals surface area contributed by atoms with E-state index in [1.807, 2.05) is 0 Å². The van der Waals surface area contributed by atoms with Gasteiger partial charge in [-0.05, 0) is 34.2 Å². The number of carbonyl (C=O) groups is 2. The molecule has 0 bridgehead atoms. The first-order valence-electron chi connectivity index (χ1n) is 5.13. The minimum Gasteiger partial charge on any atom is -0.295 e. The van der Waals surface area contributed by atoms with Gasteiger partial charge < -0.3 is 0 Å². The highest BCUT2D eigenvalue weighted by Gasteiger charge is 2.33. The average molecular weight is 398 g/mol. The van der Waals surface area contributed by atoms with Crippen molar-refractivity contribution in [1.82, 2.24) is 9.97 Å². The molecule has 1 atom stereocenters. The van der Waals surface area contributed by atoms with E-state index in [9.17, 15) is 9.59 Å². The van der Waals surface area contributed by atoms with Crippen LogP contribution < -0.4 is 4.90 Å². The SMILES string of the molecule is CC(=O)SC1CC(=O)N(c2nc(Cl)ncc2I)C1. The highest BCUT2D eigenvalue weighted by molar-refractivity contribution is 14.1. The van der Waals surface area contributed by atoms with Crippen LogP contribution in [0.2, 0.25) is 5.28 Å². The summed E-state index contributed by atoms with van der Waals surface area (Å²) in [6.07, 6.45) is 1.92. The quantitative estimate of drug-likeness (QED) is 0.565. The van der Waals surface area contributed by atoms with Gasteiger partial charge in [0.1, 0.15) is 0 Å². The molecule has 1 aliphatic rings. The summed E-state index contributed by atoms with van der Waals surface area (Å²) in [5.41, 5.74) is 0. The molecule has 96 valence electrons. The van der Waals surface area contributed by atoms with Gasteiger partial charge in [-0.2, -0.15) is 4.98 Å². The lowest BCUT2D eigenvalue weighted by molar-refractivity contribution is -0.117. The molecule has 0 aromatic carbocycles. The van der Waals surface area contributed by atoms with Gasteiger partial charge in [-0.15, -0.1) is 0 Å². The monoisotopic (exact) mass is 397 g/mol. The van der Waals surface area contributed by atoms with Gasteiger partial charge in [0.2, 0.25) is 11.2 Å². The molecule has 2 rings (SSSR count). The maximum Gasteiger partial charge on any atom is 0.229 e. The van der Waals surface area contributed by atoms with Crippen molar-refractivity contribution in [2.75, 3.05) is 11.4 Å². The first-order valence-corrected chi connectivity index (χ1v) is 7.46. The molecule has 1 fully saturated rings. The molecular formula is C10H9ClIN3O2S. The molecule has 2 heterocycles. The van der Waals surface area contributed by atoms with Crippen molar-refractivity contribution < 1.29 is 9.59 Å². The number of nitrogens with zero attached hydrogens (tertiary/aromatic N) is 3. The van der Waals surface area contributed by atoms with E-state index in [1.54, 1.807) is 11.1 Å². The maximum atomic E-state index is 11.9. The van der Waals surface area contributed by atoms with E-state index in [0.29, 0.717) is 18.8 Å². The molecule has 8 heteroatoms. The molecular weight excluding hydrogens is 389 g/mol. The van der Waals surface area contributed by atoms with E-state index < -0.39 is 0 Å². The van der Waals surface area contributed by atoms with Crippen LogP contribution in [0.25, 0.3) is 0 Å². The molecule has 1 saturated heterocycles. The van der Waals surface area contributed by atoms with E-state index in [2.05, 4.69) is 32.6 Å². The molecule has 0 N–H and O–H groups in total. The molecule has 0 saturated carbocycles. The number of thioether (sulfide) groups is 1. The Morgan fingerprint density at radius 2 is 2.39 bits per heavy atom. The smallest absolute Gasteiger partial charge is 0.229 e. The van der Waals surface area contributed by atoms with Gasteiger partial charge in [0.25, 0.3) is 0 Å². The Kier molecular flexibility index (Phi) is 4.44. The van der Waals surface area contributed by atoms with Crippen molar-refractivity contribution in [2.24, 2.45) is 0 Å². The summed E-state index contributed by atoms with van der Waals surface area (Å²) in [6, 6.07) is 0. The number of carbonyl (C=O) groups excluding carboxylic acids is 2. The topological polar surface area (TPSA) is 63.2 Å². The highest BCUT2D eigenvalue weighted by atomic mass is 127. The first-order chi connectivity index (χ1) is 8.47. The van der Waals surface area contributed by atoms with Crippen molar-refractivity contribution in [3.05, 3.63) is 15.1 Å². The van der Waals surface area contributed by atoms with E-state index in [0.717, 1.165) is 3.57 Å². The second kappa shape index (κ2) is 5.70. The zero-order chi connectivity index (χ0) is 13.3. The van der Waals surface area contributed by atoms with Gasteiger partial charge in [0, 0.05) is 31.3 Å². The Morgan fingerprint density at radius 3 is 3.06 bits per heavy atom. The lowest BCUT2D eigenvalue weighted by Gasteiger charge is -2.16. The molecule has 1 amide bonds. The fraction of sp³-hybridized carbons (Fsp3) is 0.400. The molecule has 0 radical (unpaired) electrons. The van der Waals surface area contributed by atoms with Crippen LogP contribution in [0.3, 0.4) is 0 Å². The zero-order valence-corrected chi connectivity index (χ0v) is 13.1. The van der Waals surface area contributed by atoms with E-state index in [1.165, 1.54) is 18.7 Å². The van der Waals surface area contributed by atoms with Crippen molar-refractivity contribution >= 4 is 62.8 Å². The standard InChI is InChI=1S/C10H9ClIN3O2S/c1-5(16)18-6-2-8(17)15(4-6)9-7(12)3-13-10(11)14-9/h3,6H,2,4H2,1H3. The van der Waals surface area contributed by atoms with Gasteiger partial charge in [-0.25, -0.2) is 4.98 Å². The molecule has 5 nitrogen and oxygen atoms in total. The Labute approximate surface area is 127 Å². The summed E-state index contributed by atoms with van der Waals surface area (Å²) in [5.74, 6) is 0.480. The molecule has 0 aliphatic carbocycles. The molecule has 1 aliphatic heterocycles. The summed E-state index contributed by atoms with van der Waals surface area (Å²) < 4.78 is 0.763. The van der Waals surface area contributed by atoms with E-state index in [-0.39, 0.29) is 21.6 Å². The van der Waals surface area contributed by atoms with Crippen LogP contribution >= 0.6 is 46.0 Å². The predicted octanol–water partition coefficient (Wildman–Crippen LogP) is 2.12. The summed E-state index contributed by atoms with van der Waals surface area (Å²) in [5, 5.41) is 0.116. The van der Waals surface area contributed by atoms with E-state index >= 15 is 0 Å². The van der Waals surface area contributed by atoms with Gasteiger partial charge in [-0.3, -0.25) is 14.5 Å². The molecule has 1 aromatic heterocycles. The second-order valence-corrected chi connectivity index (χ2v) is 6.73. The Balaban J connectivity index is 2.21. The van der Waals surface area contributed by atoms with Gasteiger partial charge in [0.15, 0.2) is 10.9 Å². The number of anilines is 1. The molecule has 18 heavy (non-hydrogen) atoms. The third kappa shape index (κ3) is 3.12. The van der Waals surface area contributed by atoms with E-state index in [4.69, 9.17) is 11.6 Å². The van der Waals surface area contributed by atoms with Crippen LogP contribution in [-0.2, 0) is 9.59 Å². The lowest BCUT2D eigenvalue weighted by Crippen LogP contribution is -2.27. The largest absolute Gasteiger partial charge is 0.295 e. The number of hydrogen-bond donors (Lipinski definition) is 0. The minimum atomic E-state index is -0.0403. The number of amides is 1. The predicted molar refractivity (Wildman–Crippen MR) is 78.8 cm³/mol. The molecule has 1 aromatic rings. The van der Waals surface area contributed by atoms with Gasteiger partial charge in [0.05, 0.1) is 3.57 Å².